The summed E-state index contributed by atoms with van der Waals surface area (Å²) < 4.78 is 5.83. The highest BCUT2D eigenvalue weighted by Gasteiger charge is 2.32. The summed E-state index contributed by atoms with van der Waals surface area (Å²) in [6.45, 7) is 8.01. The van der Waals surface area contributed by atoms with Crippen molar-refractivity contribution in [3.63, 3.8) is 0 Å². The number of carbonyl (C=O) groups excluding carboxylic acids is 1. The second kappa shape index (κ2) is 7.75. The Morgan fingerprint density at radius 3 is 2.40 bits per heavy atom. The fourth-order valence-electron chi connectivity index (χ4n) is 4.09. The molecule has 0 radical (unpaired) electrons. The molecule has 0 unspecified atom stereocenters. The van der Waals surface area contributed by atoms with Crippen molar-refractivity contribution in [2.45, 2.75) is 44.9 Å². The standard InChI is InChI=1S/C20H31N3O2/c1-15-12-22(13-16(2)25-15)14-19-6-5-11-23(19)20(24)17-7-9-18(10-8-17)21(3)4/h7-10,15-16,19H,5-6,11-14H2,1-4H3/t15-,16+,19-/m1/s1. The zero-order chi connectivity index (χ0) is 18.0. The summed E-state index contributed by atoms with van der Waals surface area (Å²) in [6.07, 6.45) is 2.74. The highest BCUT2D eigenvalue weighted by molar-refractivity contribution is 5.95. The molecule has 2 saturated heterocycles. The van der Waals surface area contributed by atoms with Crippen LogP contribution in [0.25, 0.3) is 0 Å². The van der Waals surface area contributed by atoms with E-state index in [0.29, 0.717) is 6.04 Å². The molecule has 2 fully saturated rings. The van der Waals surface area contributed by atoms with Gasteiger partial charge in [0.2, 0.25) is 0 Å². The third-order valence-electron chi connectivity index (χ3n) is 5.23. The lowest BCUT2D eigenvalue weighted by molar-refractivity contribution is -0.0715. The minimum Gasteiger partial charge on any atom is -0.378 e. The largest absolute Gasteiger partial charge is 0.378 e. The molecule has 3 atom stereocenters. The summed E-state index contributed by atoms with van der Waals surface area (Å²) in [7, 11) is 4.02. The van der Waals surface area contributed by atoms with Crippen molar-refractivity contribution in [3.05, 3.63) is 29.8 Å². The average Bonchev–Trinajstić information content (AvgIpc) is 3.01. The van der Waals surface area contributed by atoms with Crippen LogP contribution in [0.5, 0.6) is 0 Å². The fourth-order valence-corrected chi connectivity index (χ4v) is 4.09. The van der Waals surface area contributed by atoms with Crippen LogP contribution >= 0.6 is 0 Å². The first-order chi connectivity index (χ1) is 11.9. The molecule has 1 amide bonds. The van der Waals surface area contributed by atoms with E-state index in [2.05, 4.69) is 23.6 Å². The number of likely N-dealkylation sites (tertiary alicyclic amines) is 1. The third kappa shape index (κ3) is 4.33. The maximum Gasteiger partial charge on any atom is 0.254 e. The Labute approximate surface area is 151 Å². The number of morpholine rings is 1. The van der Waals surface area contributed by atoms with Gasteiger partial charge in [0.05, 0.1) is 12.2 Å². The van der Waals surface area contributed by atoms with E-state index in [-0.39, 0.29) is 18.1 Å². The molecule has 2 aliphatic heterocycles. The lowest BCUT2D eigenvalue weighted by atomic mass is 10.1. The van der Waals surface area contributed by atoms with Gasteiger partial charge in [-0.2, -0.15) is 0 Å². The van der Waals surface area contributed by atoms with Crippen LogP contribution in [0.15, 0.2) is 24.3 Å². The van der Waals surface area contributed by atoms with E-state index in [0.717, 1.165) is 50.3 Å². The van der Waals surface area contributed by atoms with Gasteiger partial charge in [-0.15, -0.1) is 0 Å². The van der Waals surface area contributed by atoms with Gasteiger partial charge in [-0.05, 0) is 51.0 Å². The molecular formula is C20H31N3O2. The minimum absolute atomic E-state index is 0.169. The summed E-state index contributed by atoms with van der Waals surface area (Å²) in [5.41, 5.74) is 1.91. The fraction of sp³-hybridized carbons (Fsp3) is 0.650. The predicted octanol–water partition coefficient (Wildman–Crippen LogP) is 2.47. The highest BCUT2D eigenvalue weighted by Crippen LogP contribution is 2.23. The van der Waals surface area contributed by atoms with Crippen LogP contribution in [0.3, 0.4) is 0 Å². The number of ether oxygens (including phenoxy) is 1. The first-order valence-corrected chi connectivity index (χ1v) is 9.40. The Bertz CT molecular complexity index is 577. The Morgan fingerprint density at radius 1 is 1.16 bits per heavy atom. The smallest absolute Gasteiger partial charge is 0.254 e. The van der Waals surface area contributed by atoms with Crippen LogP contribution in [-0.2, 0) is 4.74 Å². The summed E-state index contributed by atoms with van der Waals surface area (Å²) in [4.78, 5) is 19.6. The van der Waals surface area contributed by atoms with Crippen LogP contribution in [0.4, 0.5) is 5.69 Å². The van der Waals surface area contributed by atoms with Crippen molar-refractivity contribution < 1.29 is 9.53 Å². The van der Waals surface area contributed by atoms with E-state index in [1.165, 1.54) is 0 Å². The molecule has 2 heterocycles. The molecule has 3 rings (SSSR count). The number of anilines is 1. The van der Waals surface area contributed by atoms with Gasteiger partial charge < -0.3 is 14.5 Å². The van der Waals surface area contributed by atoms with Crippen molar-refractivity contribution in [3.8, 4) is 0 Å². The van der Waals surface area contributed by atoms with Crippen LogP contribution < -0.4 is 4.90 Å². The summed E-state index contributed by atoms with van der Waals surface area (Å²) in [6, 6.07) is 8.25. The molecular weight excluding hydrogens is 314 g/mol. The predicted molar refractivity (Wildman–Crippen MR) is 101 cm³/mol. The molecule has 25 heavy (non-hydrogen) atoms. The number of hydrogen-bond donors (Lipinski definition) is 0. The van der Waals surface area contributed by atoms with E-state index in [1.54, 1.807) is 0 Å². The van der Waals surface area contributed by atoms with Gasteiger partial charge in [0.1, 0.15) is 0 Å². The Hall–Kier alpha value is -1.59. The van der Waals surface area contributed by atoms with Crippen molar-refractivity contribution in [1.29, 1.82) is 0 Å². The number of hydrogen-bond acceptors (Lipinski definition) is 4. The summed E-state index contributed by atoms with van der Waals surface area (Å²) in [5, 5.41) is 0. The second-order valence-corrected chi connectivity index (χ2v) is 7.71. The SMILES string of the molecule is C[C@@H]1CN(C[C@H]2CCCN2C(=O)c2ccc(N(C)C)cc2)C[C@H](C)O1. The van der Waals surface area contributed by atoms with Gasteiger partial charge in [0.15, 0.2) is 0 Å². The topological polar surface area (TPSA) is 36.0 Å². The molecule has 5 nitrogen and oxygen atoms in total. The van der Waals surface area contributed by atoms with E-state index in [1.807, 2.05) is 43.3 Å². The number of amides is 1. The molecule has 0 bridgehead atoms. The van der Waals surface area contributed by atoms with E-state index >= 15 is 0 Å². The average molecular weight is 345 g/mol. The maximum atomic E-state index is 13.0. The third-order valence-corrected chi connectivity index (χ3v) is 5.23. The van der Waals surface area contributed by atoms with Crippen molar-refractivity contribution in [1.82, 2.24) is 9.80 Å². The van der Waals surface area contributed by atoms with E-state index in [4.69, 9.17) is 4.74 Å². The van der Waals surface area contributed by atoms with Gasteiger partial charge in [-0.1, -0.05) is 0 Å². The van der Waals surface area contributed by atoms with Crippen molar-refractivity contribution in [2.24, 2.45) is 0 Å². The van der Waals surface area contributed by atoms with E-state index < -0.39 is 0 Å². The molecule has 0 aliphatic carbocycles. The Morgan fingerprint density at radius 2 is 1.80 bits per heavy atom. The van der Waals surface area contributed by atoms with Crippen molar-refractivity contribution >= 4 is 11.6 Å². The first-order valence-electron chi connectivity index (χ1n) is 9.40. The summed E-state index contributed by atoms with van der Waals surface area (Å²) in [5.74, 6) is 0.169. The number of rotatable bonds is 4. The number of nitrogens with zero attached hydrogens (tertiary/aromatic N) is 3. The first kappa shape index (κ1) is 18.2. The molecule has 0 spiro atoms. The molecule has 0 aromatic heterocycles. The number of benzene rings is 1. The molecule has 0 N–H and O–H groups in total. The monoisotopic (exact) mass is 345 g/mol. The Balaban J connectivity index is 1.65. The quantitative estimate of drug-likeness (QED) is 0.840. The Kier molecular flexibility index (Phi) is 5.64. The molecule has 1 aromatic carbocycles. The van der Waals surface area contributed by atoms with Gasteiger partial charge in [0.25, 0.3) is 5.91 Å². The second-order valence-electron chi connectivity index (χ2n) is 7.71. The zero-order valence-corrected chi connectivity index (χ0v) is 15.9. The molecule has 138 valence electrons. The van der Waals surface area contributed by atoms with Crippen LogP contribution in [0, 0.1) is 0 Å². The molecule has 0 saturated carbocycles. The maximum absolute atomic E-state index is 13.0. The van der Waals surface area contributed by atoms with Crippen LogP contribution in [-0.4, -0.2) is 74.2 Å². The molecule has 5 heteroatoms. The van der Waals surface area contributed by atoms with E-state index in [9.17, 15) is 4.79 Å². The lowest BCUT2D eigenvalue weighted by Gasteiger charge is -2.38. The highest BCUT2D eigenvalue weighted by atomic mass is 16.5. The summed E-state index contributed by atoms with van der Waals surface area (Å²) >= 11 is 0. The molecule has 2 aliphatic rings. The van der Waals surface area contributed by atoms with Gasteiger partial charge >= 0.3 is 0 Å². The zero-order valence-electron chi connectivity index (χ0n) is 15.9. The minimum atomic E-state index is 0.169. The van der Waals surface area contributed by atoms with Crippen LogP contribution in [0.1, 0.15) is 37.0 Å². The van der Waals surface area contributed by atoms with Gasteiger partial charge in [-0.3, -0.25) is 9.69 Å². The lowest BCUT2D eigenvalue weighted by Crippen LogP contribution is -2.50. The molecule has 1 aromatic rings. The number of carbonyl (C=O) groups is 1. The van der Waals surface area contributed by atoms with Crippen molar-refractivity contribution in [2.75, 3.05) is 45.2 Å². The van der Waals surface area contributed by atoms with Gasteiger partial charge in [0, 0.05) is 57.6 Å². The van der Waals surface area contributed by atoms with Crippen LogP contribution in [0.2, 0.25) is 0 Å². The van der Waals surface area contributed by atoms with Gasteiger partial charge in [-0.25, -0.2) is 0 Å². The normalized spacial score (nSPS) is 27.5.